The second kappa shape index (κ2) is 5.48. The van der Waals surface area contributed by atoms with Gasteiger partial charge in [0.15, 0.2) is 6.10 Å². The van der Waals surface area contributed by atoms with Gasteiger partial charge in [-0.15, -0.1) is 0 Å². The Kier molecular flexibility index (Phi) is 3.95. The molecule has 0 radical (unpaired) electrons. The Morgan fingerprint density at radius 1 is 1.53 bits per heavy atom. The van der Waals surface area contributed by atoms with Crippen LogP contribution in [0.2, 0.25) is 0 Å². The van der Waals surface area contributed by atoms with Crippen LogP contribution in [0.1, 0.15) is 24.2 Å². The molecular weight excluding hydrogens is 246 g/mol. The van der Waals surface area contributed by atoms with Gasteiger partial charge >= 0.3 is 5.97 Å². The second-order valence-electron chi connectivity index (χ2n) is 4.51. The molecule has 0 saturated carbocycles. The molecule has 104 valence electrons. The molecule has 0 spiro atoms. The quantitative estimate of drug-likeness (QED) is 0.831. The molecule has 1 aromatic rings. The van der Waals surface area contributed by atoms with Crippen LogP contribution in [0.4, 0.5) is 5.69 Å². The Balaban J connectivity index is 2.39. The fraction of sp³-hybridized carbons (Fsp3) is 0.500. The van der Waals surface area contributed by atoms with Crippen LogP contribution in [0.25, 0.3) is 0 Å². The van der Waals surface area contributed by atoms with Crippen molar-refractivity contribution in [3.8, 4) is 5.75 Å². The number of benzene rings is 1. The lowest BCUT2D eigenvalue weighted by Crippen LogP contribution is -2.17. The lowest BCUT2D eigenvalue weighted by Gasteiger charge is -2.18. The van der Waals surface area contributed by atoms with Crippen molar-refractivity contribution in [2.75, 3.05) is 32.2 Å². The molecule has 19 heavy (non-hydrogen) atoms. The first kappa shape index (κ1) is 13.7. The monoisotopic (exact) mass is 265 g/mol. The minimum atomic E-state index is -1.30. The topological polar surface area (TPSA) is 59.0 Å². The molecule has 0 aromatic heterocycles. The van der Waals surface area contributed by atoms with E-state index in [0.29, 0.717) is 11.3 Å². The Morgan fingerprint density at radius 2 is 2.26 bits per heavy atom. The molecule has 1 aliphatic rings. The van der Waals surface area contributed by atoms with Crippen molar-refractivity contribution in [1.29, 1.82) is 0 Å². The highest BCUT2D eigenvalue weighted by atomic mass is 16.5. The highest BCUT2D eigenvalue weighted by Crippen LogP contribution is 2.39. The van der Waals surface area contributed by atoms with Crippen LogP contribution in [-0.2, 0) is 16.0 Å². The van der Waals surface area contributed by atoms with Crippen molar-refractivity contribution in [3.05, 3.63) is 23.3 Å². The first-order chi connectivity index (χ1) is 9.10. The molecule has 1 aromatic carbocycles. The number of rotatable bonds is 4. The van der Waals surface area contributed by atoms with Crippen molar-refractivity contribution in [2.45, 2.75) is 19.4 Å². The fourth-order valence-corrected chi connectivity index (χ4v) is 2.44. The molecule has 0 bridgehead atoms. The number of esters is 1. The van der Waals surface area contributed by atoms with E-state index < -0.39 is 12.1 Å². The Hall–Kier alpha value is -1.75. The summed E-state index contributed by atoms with van der Waals surface area (Å²) in [6.07, 6.45) is -0.454. The number of carbonyl (C=O) groups excluding carboxylic acids is 1. The zero-order valence-electron chi connectivity index (χ0n) is 11.5. The molecule has 0 fully saturated rings. The third-order valence-electron chi connectivity index (χ3n) is 3.38. The minimum absolute atomic E-state index is 0.242. The summed E-state index contributed by atoms with van der Waals surface area (Å²) < 4.78 is 10.2. The largest absolute Gasteiger partial charge is 0.496 e. The number of ether oxygens (including phenoxy) is 2. The predicted molar refractivity (Wildman–Crippen MR) is 71.6 cm³/mol. The maximum atomic E-state index is 11.6. The maximum absolute atomic E-state index is 11.6. The van der Waals surface area contributed by atoms with Gasteiger partial charge < -0.3 is 19.5 Å². The summed E-state index contributed by atoms with van der Waals surface area (Å²) in [6, 6.07) is 3.63. The number of hydrogen-bond donors (Lipinski definition) is 1. The summed E-state index contributed by atoms with van der Waals surface area (Å²) >= 11 is 0. The van der Waals surface area contributed by atoms with Crippen molar-refractivity contribution in [1.82, 2.24) is 0 Å². The van der Waals surface area contributed by atoms with E-state index in [1.165, 1.54) is 0 Å². The maximum Gasteiger partial charge on any atom is 0.339 e. The van der Waals surface area contributed by atoms with E-state index in [1.54, 1.807) is 20.1 Å². The first-order valence-corrected chi connectivity index (χ1v) is 6.35. The average Bonchev–Trinajstić information content (AvgIpc) is 2.79. The third-order valence-corrected chi connectivity index (χ3v) is 3.38. The van der Waals surface area contributed by atoms with Gasteiger partial charge in [-0.2, -0.15) is 0 Å². The van der Waals surface area contributed by atoms with Gasteiger partial charge in [-0.25, -0.2) is 4.79 Å². The van der Waals surface area contributed by atoms with Crippen LogP contribution in [-0.4, -0.2) is 38.4 Å². The number of methoxy groups -OCH3 is 1. The molecular formula is C14H19NO4. The normalized spacial score (nSPS) is 15.1. The SMILES string of the molecule is CCOC(=O)C(O)c1ccc2c(c1OC)CCN2C. The van der Waals surface area contributed by atoms with Gasteiger partial charge in [-0.3, -0.25) is 0 Å². The molecule has 1 unspecified atom stereocenters. The van der Waals surface area contributed by atoms with Gasteiger partial charge in [-0.05, 0) is 19.4 Å². The molecule has 0 saturated heterocycles. The van der Waals surface area contributed by atoms with Crippen LogP contribution < -0.4 is 9.64 Å². The molecule has 1 atom stereocenters. The van der Waals surface area contributed by atoms with E-state index in [-0.39, 0.29) is 6.61 Å². The number of anilines is 1. The number of aliphatic hydroxyl groups excluding tert-OH is 1. The highest BCUT2D eigenvalue weighted by Gasteiger charge is 2.28. The Bertz CT molecular complexity index is 487. The summed E-state index contributed by atoms with van der Waals surface area (Å²) in [6.45, 7) is 2.86. The molecule has 0 amide bonds. The lowest BCUT2D eigenvalue weighted by atomic mass is 10.0. The summed E-state index contributed by atoms with van der Waals surface area (Å²) in [4.78, 5) is 13.8. The molecule has 2 rings (SSSR count). The van der Waals surface area contributed by atoms with E-state index in [9.17, 15) is 9.90 Å². The zero-order valence-corrected chi connectivity index (χ0v) is 11.5. The Labute approximate surface area is 112 Å². The molecule has 1 aliphatic heterocycles. The number of likely N-dealkylation sites (N-methyl/N-ethyl adjacent to an activating group) is 1. The average molecular weight is 265 g/mol. The van der Waals surface area contributed by atoms with Crippen LogP contribution >= 0.6 is 0 Å². The number of fused-ring (bicyclic) bond motifs is 1. The Morgan fingerprint density at radius 3 is 2.89 bits per heavy atom. The number of carbonyl (C=O) groups is 1. The van der Waals surface area contributed by atoms with Gasteiger partial charge in [0.05, 0.1) is 13.7 Å². The fourth-order valence-electron chi connectivity index (χ4n) is 2.44. The van der Waals surface area contributed by atoms with Crippen molar-refractivity contribution >= 4 is 11.7 Å². The van der Waals surface area contributed by atoms with Gasteiger partial charge in [0, 0.05) is 30.4 Å². The smallest absolute Gasteiger partial charge is 0.339 e. The summed E-state index contributed by atoms with van der Waals surface area (Å²) in [5.41, 5.74) is 2.58. The first-order valence-electron chi connectivity index (χ1n) is 6.35. The zero-order chi connectivity index (χ0) is 14.0. The summed E-state index contributed by atoms with van der Waals surface area (Å²) in [5, 5.41) is 10.1. The van der Waals surface area contributed by atoms with Gasteiger partial charge in [0.25, 0.3) is 0 Å². The molecule has 5 heteroatoms. The number of hydrogen-bond acceptors (Lipinski definition) is 5. The van der Waals surface area contributed by atoms with Crippen LogP contribution in [0, 0.1) is 0 Å². The van der Waals surface area contributed by atoms with E-state index in [0.717, 1.165) is 24.2 Å². The number of nitrogens with zero attached hydrogens (tertiary/aromatic N) is 1. The molecule has 1 N–H and O–H groups in total. The van der Waals surface area contributed by atoms with E-state index >= 15 is 0 Å². The minimum Gasteiger partial charge on any atom is -0.496 e. The number of aliphatic hydroxyl groups is 1. The molecule has 0 aliphatic carbocycles. The summed E-state index contributed by atoms with van der Waals surface area (Å²) in [5.74, 6) is -0.0606. The molecule has 5 nitrogen and oxygen atoms in total. The van der Waals surface area contributed by atoms with Crippen LogP contribution in [0.5, 0.6) is 5.75 Å². The van der Waals surface area contributed by atoms with Gasteiger partial charge in [0.1, 0.15) is 5.75 Å². The summed E-state index contributed by atoms with van der Waals surface area (Å²) in [7, 11) is 3.56. The van der Waals surface area contributed by atoms with E-state index in [1.807, 2.05) is 13.1 Å². The third kappa shape index (κ3) is 2.38. The van der Waals surface area contributed by atoms with Gasteiger partial charge in [-0.1, -0.05) is 6.07 Å². The van der Waals surface area contributed by atoms with Crippen LogP contribution in [0.15, 0.2) is 12.1 Å². The van der Waals surface area contributed by atoms with Crippen LogP contribution in [0.3, 0.4) is 0 Å². The highest BCUT2D eigenvalue weighted by molar-refractivity contribution is 5.79. The second-order valence-corrected chi connectivity index (χ2v) is 4.51. The van der Waals surface area contributed by atoms with Crippen molar-refractivity contribution in [3.63, 3.8) is 0 Å². The van der Waals surface area contributed by atoms with E-state index in [4.69, 9.17) is 9.47 Å². The van der Waals surface area contributed by atoms with Gasteiger partial charge in [0.2, 0.25) is 0 Å². The van der Waals surface area contributed by atoms with Crippen molar-refractivity contribution in [2.24, 2.45) is 0 Å². The standard InChI is InChI=1S/C14H19NO4/c1-4-19-14(17)12(16)10-5-6-11-9(13(10)18-3)7-8-15(11)2/h5-6,12,16H,4,7-8H2,1-3H3. The lowest BCUT2D eigenvalue weighted by molar-refractivity contribution is -0.153. The molecule has 1 heterocycles. The van der Waals surface area contributed by atoms with Crippen molar-refractivity contribution < 1.29 is 19.4 Å². The predicted octanol–water partition coefficient (Wildman–Crippen LogP) is 1.28. The van der Waals surface area contributed by atoms with E-state index in [2.05, 4.69) is 4.90 Å².